The second-order valence-corrected chi connectivity index (χ2v) is 3.42. The summed E-state index contributed by atoms with van der Waals surface area (Å²) < 4.78 is 0. The van der Waals surface area contributed by atoms with Gasteiger partial charge in [-0.1, -0.05) is 6.08 Å². The lowest BCUT2D eigenvalue weighted by Crippen LogP contribution is -2.08. The SMILES string of the molecule is C=C[C@H]1C[C@H]2CC[C@H]1C2=O. The first-order valence-corrected chi connectivity index (χ1v) is 3.99. The highest BCUT2D eigenvalue weighted by molar-refractivity contribution is 5.88. The van der Waals surface area contributed by atoms with Crippen LogP contribution in [0.25, 0.3) is 0 Å². The van der Waals surface area contributed by atoms with Gasteiger partial charge in [-0.05, 0) is 25.2 Å². The first-order chi connectivity index (χ1) is 4.83. The molecule has 0 aromatic heterocycles. The van der Waals surface area contributed by atoms with Crippen LogP contribution in [0.1, 0.15) is 19.3 Å². The number of fused-ring (bicyclic) bond motifs is 2. The van der Waals surface area contributed by atoms with E-state index in [1.54, 1.807) is 0 Å². The second-order valence-electron chi connectivity index (χ2n) is 3.42. The Balaban J connectivity index is 2.23. The molecule has 0 aromatic carbocycles. The molecule has 0 amide bonds. The minimum Gasteiger partial charge on any atom is -0.299 e. The van der Waals surface area contributed by atoms with E-state index in [4.69, 9.17) is 0 Å². The number of hydrogen-bond donors (Lipinski definition) is 0. The zero-order valence-electron chi connectivity index (χ0n) is 6.05. The van der Waals surface area contributed by atoms with E-state index in [9.17, 15) is 4.79 Å². The maximum atomic E-state index is 11.3. The molecule has 2 rings (SSSR count). The lowest BCUT2D eigenvalue weighted by molar-refractivity contribution is -0.121. The number of ketones is 1. The number of Topliss-reactive ketones (excluding diaryl/α,β-unsaturated/α-hetero) is 1. The van der Waals surface area contributed by atoms with Crippen molar-refractivity contribution in [3.8, 4) is 0 Å². The fraction of sp³-hybridized carbons (Fsp3) is 0.667. The van der Waals surface area contributed by atoms with Crippen LogP contribution in [0, 0.1) is 17.8 Å². The maximum absolute atomic E-state index is 11.3. The molecule has 2 saturated carbocycles. The summed E-state index contributed by atoms with van der Waals surface area (Å²) >= 11 is 0. The van der Waals surface area contributed by atoms with Crippen LogP contribution in [0.2, 0.25) is 0 Å². The molecule has 0 spiro atoms. The zero-order valence-corrected chi connectivity index (χ0v) is 6.05. The lowest BCUT2D eigenvalue weighted by Gasteiger charge is -2.14. The van der Waals surface area contributed by atoms with Crippen molar-refractivity contribution in [2.45, 2.75) is 19.3 Å². The number of rotatable bonds is 1. The van der Waals surface area contributed by atoms with Crippen molar-refractivity contribution < 1.29 is 4.79 Å². The molecule has 0 saturated heterocycles. The van der Waals surface area contributed by atoms with Crippen molar-refractivity contribution in [2.75, 3.05) is 0 Å². The van der Waals surface area contributed by atoms with E-state index in [1.165, 1.54) is 0 Å². The smallest absolute Gasteiger partial charge is 0.139 e. The van der Waals surface area contributed by atoms with Gasteiger partial charge >= 0.3 is 0 Å². The summed E-state index contributed by atoms with van der Waals surface area (Å²) in [6.45, 7) is 3.74. The zero-order chi connectivity index (χ0) is 7.14. The molecule has 10 heavy (non-hydrogen) atoms. The molecule has 2 aliphatic carbocycles. The first-order valence-electron chi connectivity index (χ1n) is 3.99. The topological polar surface area (TPSA) is 17.1 Å². The summed E-state index contributed by atoms with van der Waals surface area (Å²) in [4.78, 5) is 11.3. The fourth-order valence-corrected chi connectivity index (χ4v) is 2.38. The Bertz CT molecular complexity index is 183. The summed E-state index contributed by atoms with van der Waals surface area (Å²) in [7, 11) is 0. The third-order valence-corrected chi connectivity index (χ3v) is 2.97. The first kappa shape index (κ1) is 6.14. The van der Waals surface area contributed by atoms with E-state index >= 15 is 0 Å². The van der Waals surface area contributed by atoms with Crippen LogP contribution in [0.3, 0.4) is 0 Å². The molecule has 0 aliphatic heterocycles. The van der Waals surface area contributed by atoms with Gasteiger partial charge < -0.3 is 0 Å². The number of hydrogen-bond acceptors (Lipinski definition) is 1. The van der Waals surface area contributed by atoms with E-state index in [-0.39, 0.29) is 0 Å². The summed E-state index contributed by atoms with van der Waals surface area (Å²) in [5, 5.41) is 0. The highest BCUT2D eigenvalue weighted by Crippen LogP contribution is 2.45. The molecular formula is C9H12O. The van der Waals surface area contributed by atoms with Crippen molar-refractivity contribution in [3.63, 3.8) is 0 Å². The molecule has 1 nitrogen and oxygen atoms in total. The average Bonchev–Trinajstić information content (AvgIpc) is 2.46. The van der Waals surface area contributed by atoms with Crippen molar-refractivity contribution in [1.29, 1.82) is 0 Å². The predicted molar refractivity (Wildman–Crippen MR) is 39.5 cm³/mol. The lowest BCUT2D eigenvalue weighted by atomic mass is 9.89. The minimum atomic E-state index is 0.363. The molecular weight excluding hydrogens is 124 g/mol. The Morgan fingerprint density at radius 3 is 2.60 bits per heavy atom. The van der Waals surface area contributed by atoms with Gasteiger partial charge in [0.1, 0.15) is 5.78 Å². The van der Waals surface area contributed by atoms with Gasteiger partial charge in [0.15, 0.2) is 0 Å². The standard InChI is InChI=1S/C9H12O/c1-2-6-5-7-3-4-8(6)9(7)10/h2,6-8H,1,3-5H2/t6-,7+,8+/m0/s1. The van der Waals surface area contributed by atoms with E-state index < -0.39 is 0 Å². The molecule has 54 valence electrons. The van der Waals surface area contributed by atoms with Crippen molar-refractivity contribution >= 4 is 5.78 Å². The van der Waals surface area contributed by atoms with E-state index in [1.807, 2.05) is 6.08 Å². The summed E-state index contributed by atoms with van der Waals surface area (Å²) in [6, 6.07) is 0. The monoisotopic (exact) mass is 136 g/mol. The largest absolute Gasteiger partial charge is 0.299 e. The Kier molecular flexibility index (Phi) is 1.19. The fourth-order valence-electron chi connectivity index (χ4n) is 2.38. The van der Waals surface area contributed by atoms with Gasteiger partial charge in [0.25, 0.3) is 0 Å². The van der Waals surface area contributed by atoms with Gasteiger partial charge in [-0.15, -0.1) is 6.58 Å². The maximum Gasteiger partial charge on any atom is 0.139 e. The van der Waals surface area contributed by atoms with Crippen LogP contribution in [0.4, 0.5) is 0 Å². The van der Waals surface area contributed by atoms with Gasteiger partial charge in [0.2, 0.25) is 0 Å². The van der Waals surface area contributed by atoms with Crippen molar-refractivity contribution in [1.82, 2.24) is 0 Å². The van der Waals surface area contributed by atoms with Crippen LogP contribution in [-0.2, 0) is 4.79 Å². The Morgan fingerprint density at radius 1 is 1.50 bits per heavy atom. The van der Waals surface area contributed by atoms with E-state index in [2.05, 4.69) is 6.58 Å². The Morgan fingerprint density at radius 2 is 2.30 bits per heavy atom. The number of carbonyl (C=O) groups excluding carboxylic acids is 1. The average molecular weight is 136 g/mol. The summed E-state index contributed by atoms with van der Waals surface area (Å²) in [6.07, 6.45) is 5.32. The molecule has 2 aliphatic rings. The van der Waals surface area contributed by atoms with Crippen LogP contribution in [0.15, 0.2) is 12.7 Å². The summed E-state index contributed by atoms with van der Waals surface area (Å²) in [5.41, 5.74) is 0. The molecule has 0 radical (unpaired) electrons. The molecule has 1 heteroatoms. The van der Waals surface area contributed by atoms with Gasteiger partial charge in [0.05, 0.1) is 0 Å². The highest BCUT2D eigenvalue weighted by atomic mass is 16.1. The van der Waals surface area contributed by atoms with Crippen LogP contribution < -0.4 is 0 Å². The minimum absolute atomic E-state index is 0.363. The Hall–Kier alpha value is -0.590. The molecule has 0 unspecified atom stereocenters. The number of carbonyl (C=O) groups is 1. The molecule has 0 aromatic rings. The van der Waals surface area contributed by atoms with Crippen molar-refractivity contribution in [2.24, 2.45) is 17.8 Å². The van der Waals surface area contributed by atoms with Crippen LogP contribution in [-0.4, -0.2) is 5.78 Å². The van der Waals surface area contributed by atoms with Crippen LogP contribution >= 0.6 is 0 Å². The van der Waals surface area contributed by atoms with Gasteiger partial charge in [-0.2, -0.15) is 0 Å². The quantitative estimate of drug-likeness (QED) is 0.502. The normalized spacial score (nSPS) is 44.4. The summed E-state index contributed by atoms with van der Waals surface area (Å²) in [5.74, 6) is 1.81. The third-order valence-electron chi connectivity index (χ3n) is 2.97. The highest BCUT2D eigenvalue weighted by Gasteiger charge is 2.45. The van der Waals surface area contributed by atoms with Crippen LogP contribution in [0.5, 0.6) is 0 Å². The second kappa shape index (κ2) is 1.94. The van der Waals surface area contributed by atoms with Gasteiger partial charge in [0, 0.05) is 11.8 Å². The van der Waals surface area contributed by atoms with E-state index in [0.29, 0.717) is 23.5 Å². The molecule has 0 heterocycles. The molecule has 2 fully saturated rings. The van der Waals surface area contributed by atoms with Gasteiger partial charge in [-0.3, -0.25) is 4.79 Å². The van der Waals surface area contributed by atoms with Crippen molar-refractivity contribution in [3.05, 3.63) is 12.7 Å². The third kappa shape index (κ3) is 0.606. The van der Waals surface area contributed by atoms with Gasteiger partial charge in [-0.25, -0.2) is 0 Å². The van der Waals surface area contributed by atoms with E-state index in [0.717, 1.165) is 19.3 Å². The molecule has 2 bridgehead atoms. The molecule has 0 N–H and O–H groups in total. The predicted octanol–water partition coefficient (Wildman–Crippen LogP) is 1.79. The number of allylic oxidation sites excluding steroid dienone is 1. The Labute approximate surface area is 61.1 Å². The molecule has 3 atom stereocenters.